The van der Waals surface area contributed by atoms with Crippen molar-refractivity contribution in [3.8, 4) is 33.6 Å². The fourth-order valence-corrected chi connectivity index (χ4v) is 7.95. The van der Waals surface area contributed by atoms with E-state index in [4.69, 9.17) is 4.11 Å². The van der Waals surface area contributed by atoms with Gasteiger partial charge in [-0.1, -0.05) is 67.0 Å². The molecule has 0 unspecified atom stereocenters. The second kappa shape index (κ2) is 14.1. The Kier molecular flexibility index (Phi) is 9.13. The summed E-state index contributed by atoms with van der Waals surface area (Å²) in [7, 11) is -1.30. The maximum atomic E-state index is 12.8. The molecule has 7 aromatic rings. The van der Waals surface area contributed by atoms with E-state index in [9.17, 15) is 4.39 Å². The second-order valence-corrected chi connectivity index (χ2v) is 18.6. The van der Waals surface area contributed by atoms with Gasteiger partial charge in [0.05, 0.1) is 8.07 Å². The van der Waals surface area contributed by atoms with Crippen LogP contribution in [0.4, 0.5) is 4.39 Å². The number of benzene rings is 3. The van der Waals surface area contributed by atoms with Crippen molar-refractivity contribution in [2.45, 2.75) is 47.3 Å². The van der Waals surface area contributed by atoms with Crippen LogP contribution in [0.5, 0.6) is 0 Å². The number of aromatic nitrogens is 3. The van der Waals surface area contributed by atoms with Crippen molar-refractivity contribution in [1.29, 1.82) is 0 Å². The Morgan fingerprint density at radius 1 is 0.830 bits per heavy atom. The fourth-order valence-electron chi connectivity index (χ4n) is 5.73. The first-order valence-corrected chi connectivity index (χ1v) is 19.4. The van der Waals surface area contributed by atoms with Crippen LogP contribution in [-0.2, 0) is 20.1 Å². The molecule has 0 bridgehead atoms. The Bertz CT molecular complexity index is 2280. The number of hydrogen-bond donors (Lipinski definition) is 0. The van der Waals surface area contributed by atoms with Crippen LogP contribution in [0.3, 0.4) is 0 Å². The van der Waals surface area contributed by atoms with Gasteiger partial charge in [-0.05, 0) is 88.7 Å². The Balaban J connectivity index is 0.000000229. The molecular weight excluding hydrogens is 794 g/mol. The fraction of sp³-hybridized carbons (Fsp3) is 0.175. The summed E-state index contributed by atoms with van der Waals surface area (Å²) in [5.41, 5.74) is 9.62. The number of halogens is 1. The van der Waals surface area contributed by atoms with E-state index in [1.807, 2.05) is 42.7 Å². The van der Waals surface area contributed by atoms with Gasteiger partial charge in [-0.25, -0.2) is 4.98 Å². The van der Waals surface area contributed by atoms with E-state index in [1.165, 1.54) is 50.9 Å². The molecule has 1 radical (unpaired) electrons. The van der Waals surface area contributed by atoms with Crippen molar-refractivity contribution < 1.29 is 28.6 Å². The summed E-state index contributed by atoms with van der Waals surface area (Å²) in [6.07, 6.45) is 3.77. The van der Waals surface area contributed by atoms with Crippen molar-refractivity contribution in [1.82, 2.24) is 15.0 Å². The van der Waals surface area contributed by atoms with Gasteiger partial charge in [0, 0.05) is 48.1 Å². The molecule has 0 aliphatic heterocycles. The Morgan fingerprint density at radius 2 is 1.62 bits per heavy atom. The molecule has 0 N–H and O–H groups in total. The molecule has 7 rings (SSSR count). The predicted molar refractivity (Wildman–Crippen MR) is 195 cm³/mol. The van der Waals surface area contributed by atoms with Crippen molar-refractivity contribution >= 4 is 44.9 Å². The minimum absolute atomic E-state index is 0. The molecule has 0 saturated carbocycles. The van der Waals surface area contributed by atoms with Gasteiger partial charge in [0.2, 0.25) is 0 Å². The van der Waals surface area contributed by atoms with Gasteiger partial charge in [-0.15, -0.1) is 53.6 Å². The van der Waals surface area contributed by atoms with Crippen LogP contribution in [0.15, 0.2) is 91.3 Å². The number of aryl methyl sites for hydroxylation is 4. The predicted octanol–water partition coefficient (Wildman–Crippen LogP) is 10.4. The molecule has 0 spiro atoms. The van der Waals surface area contributed by atoms with Gasteiger partial charge in [-0.3, -0.25) is 4.39 Å². The molecule has 0 aliphatic carbocycles. The van der Waals surface area contributed by atoms with E-state index in [-0.39, 0.29) is 31.6 Å². The van der Waals surface area contributed by atoms with Crippen LogP contribution in [0, 0.1) is 45.6 Å². The molecule has 47 heavy (non-hydrogen) atoms. The summed E-state index contributed by atoms with van der Waals surface area (Å²) in [5.74, 6) is -0.271. The van der Waals surface area contributed by atoms with E-state index in [1.54, 1.807) is 12.1 Å². The molecule has 0 amide bonds. The molecule has 0 saturated heterocycles. The Labute approximate surface area is 299 Å². The number of thiophene rings is 1. The monoisotopic (exact) mass is 833 g/mol. The van der Waals surface area contributed by atoms with Crippen LogP contribution in [0.2, 0.25) is 19.6 Å². The van der Waals surface area contributed by atoms with Gasteiger partial charge in [-0.2, -0.15) is 11.3 Å². The van der Waals surface area contributed by atoms with Crippen LogP contribution in [0.1, 0.15) is 26.5 Å². The molecule has 239 valence electrons. The average molecular weight is 833 g/mol. The summed E-state index contributed by atoms with van der Waals surface area (Å²) in [5, 5.41) is 3.32. The molecule has 3 nitrogen and oxygen atoms in total. The van der Waals surface area contributed by atoms with Gasteiger partial charge in [0.25, 0.3) is 0 Å². The molecule has 7 heteroatoms. The number of hydrogen-bond acceptors (Lipinski definition) is 4. The van der Waals surface area contributed by atoms with Crippen LogP contribution < -0.4 is 5.19 Å². The van der Waals surface area contributed by atoms with E-state index >= 15 is 0 Å². The first-order valence-electron chi connectivity index (χ1n) is 16.6. The zero-order valence-electron chi connectivity index (χ0n) is 30.1. The largest absolute Gasteiger partial charge is 0.305 e. The van der Waals surface area contributed by atoms with Crippen LogP contribution >= 0.6 is 11.3 Å². The molecule has 0 atom stereocenters. The zero-order valence-corrected chi connectivity index (χ0v) is 31.3. The van der Waals surface area contributed by atoms with E-state index < -0.39 is 14.9 Å². The third kappa shape index (κ3) is 7.50. The van der Waals surface area contributed by atoms with Crippen molar-refractivity contribution in [3.63, 3.8) is 0 Å². The third-order valence-corrected chi connectivity index (χ3v) is 11.1. The number of pyridine rings is 3. The van der Waals surface area contributed by atoms with Crippen molar-refractivity contribution in [2.24, 2.45) is 0 Å². The topological polar surface area (TPSA) is 38.7 Å². The number of rotatable bonds is 4. The van der Waals surface area contributed by atoms with Gasteiger partial charge >= 0.3 is 0 Å². The van der Waals surface area contributed by atoms with E-state index in [0.717, 1.165) is 48.4 Å². The summed E-state index contributed by atoms with van der Waals surface area (Å²) in [6.45, 7) is 11.0. The second-order valence-electron chi connectivity index (χ2n) is 12.6. The van der Waals surface area contributed by atoms with E-state index in [2.05, 4.69) is 91.8 Å². The Morgan fingerprint density at radius 3 is 2.28 bits per heavy atom. The quantitative estimate of drug-likeness (QED) is 0.131. The molecule has 0 aliphatic rings. The first-order chi connectivity index (χ1) is 23.2. The van der Waals surface area contributed by atoms with Gasteiger partial charge < -0.3 is 9.97 Å². The standard InChI is InChI=1S/C26H21N2S.C14H15FNSi.Ir/c1-15-12-16(2)24(17(3)13-15)19-10-11-27-23(14-19)22-7-5-6-20-21-9-8-18(4)28-26(21)29-25(20)22;1-17(2,3)13-8-9-14(16-10-13)11-4-6-12(15)7-5-11;/h5-6,8-14H,1-4H3;4,6-10H,1-3H3;/q2*-1;/i4D3;;. The minimum Gasteiger partial charge on any atom is -0.305 e. The molecular formula is C40H36FIrN3SSi-2. The molecule has 3 aromatic carbocycles. The molecule has 0 fully saturated rings. The van der Waals surface area contributed by atoms with Crippen molar-refractivity contribution in [2.75, 3.05) is 0 Å². The molecule has 4 heterocycles. The smallest absolute Gasteiger partial charge is 0.113 e. The summed E-state index contributed by atoms with van der Waals surface area (Å²) in [4.78, 5) is 14.2. The maximum absolute atomic E-state index is 12.8. The number of nitrogens with zero attached hydrogens (tertiary/aromatic N) is 3. The average Bonchev–Trinajstić information content (AvgIpc) is 3.43. The van der Waals surface area contributed by atoms with Gasteiger partial charge in [0.1, 0.15) is 4.83 Å². The summed E-state index contributed by atoms with van der Waals surface area (Å²) >= 11 is 1.49. The van der Waals surface area contributed by atoms with E-state index in [0.29, 0.717) is 0 Å². The summed E-state index contributed by atoms with van der Waals surface area (Å²) < 4.78 is 36.8. The van der Waals surface area contributed by atoms with Crippen molar-refractivity contribution in [3.05, 3.63) is 132 Å². The maximum Gasteiger partial charge on any atom is 0.113 e. The minimum atomic E-state index is -2.22. The van der Waals surface area contributed by atoms with Crippen LogP contribution in [0.25, 0.3) is 53.9 Å². The van der Waals surface area contributed by atoms with Crippen LogP contribution in [-0.4, -0.2) is 23.0 Å². The Hall–Kier alpha value is -3.87. The normalized spacial score (nSPS) is 12.4. The number of fused-ring (bicyclic) bond motifs is 3. The zero-order chi connectivity index (χ0) is 35.1. The SMILES string of the molecule is C[Si](C)(C)c1ccc(-c2[c-]cc(F)cc2)nc1.[2H]C([2H])([2H])c1ccc2c(n1)sc1c(-c3cc(-c4c(C)cc(C)cc4C)ccn3)[c-]ccc12.[Ir]. The summed E-state index contributed by atoms with van der Waals surface area (Å²) in [6, 6.07) is 30.7. The third-order valence-electron chi connectivity index (χ3n) is 7.96. The molecule has 4 aromatic heterocycles. The first kappa shape index (κ1) is 30.5. The van der Waals surface area contributed by atoms with Gasteiger partial charge in [0.15, 0.2) is 0 Å².